The molecule has 2 aromatic heterocycles. The van der Waals surface area contributed by atoms with Crippen LogP contribution in [0.1, 0.15) is 19.5 Å². The van der Waals surface area contributed by atoms with Crippen LogP contribution in [0.4, 0.5) is 10.5 Å². The van der Waals surface area contributed by atoms with Crippen LogP contribution in [-0.4, -0.2) is 33.9 Å². The monoisotopic (exact) mass is 379 g/mol. The number of urea groups is 1. The molecule has 28 heavy (non-hydrogen) atoms. The van der Waals surface area contributed by atoms with Crippen LogP contribution in [0.25, 0.3) is 5.65 Å². The Morgan fingerprint density at radius 3 is 2.54 bits per heavy atom. The Bertz CT molecular complexity index is 903. The van der Waals surface area contributed by atoms with E-state index in [0.29, 0.717) is 18.7 Å². The van der Waals surface area contributed by atoms with Crippen LogP contribution >= 0.6 is 0 Å². The van der Waals surface area contributed by atoms with Crippen molar-refractivity contribution in [1.82, 2.24) is 20.0 Å². The number of anilines is 1. The minimum absolute atomic E-state index is 0.0447. The Hall–Kier alpha value is -3.35. The summed E-state index contributed by atoms with van der Waals surface area (Å²) in [6.07, 6.45) is 4.51. The zero-order valence-electron chi connectivity index (χ0n) is 16.1. The normalized spacial score (nSPS) is 12.0. The van der Waals surface area contributed by atoms with Gasteiger partial charge in [-0.15, -0.1) is 0 Å². The molecule has 0 bridgehead atoms. The number of nitrogens with one attached hydrogen (secondary N) is 3. The standard InChI is InChI=1S/C21H25N5O2/c1-15(2)19(25-21(28)24-16-8-4-3-5-9-16)20(27)22-12-11-17-14-26-13-7-6-10-18(26)23-17/h3-10,13-15,19H,11-12H2,1-2H3,(H,22,27)(H2,24,25,28)/t19-/m1/s1. The topological polar surface area (TPSA) is 87.5 Å². The lowest BCUT2D eigenvalue weighted by molar-refractivity contribution is -0.123. The maximum absolute atomic E-state index is 12.6. The number of pyridine rings is 1. The molecule has 0 aliphatic heterocycles. The number of amides is 3. The maximum atomic E-state index is 12.6. The summed E-state index contributed by atoms with van der Waals surface area (Å²) in [5.41, 5.74) is 2.46. The third kappa shape index (κ3) is 5.09. The first-order valence-electron chi connectivity index (χ1n) is 9.36. The number of benzene rings is 1. The largest absolute Gasteiger partial charge is 0.354 e. The van der Waals surface area contributed by atoms with Gasteiger partial charge in [0.1, 0.15) is 11.7 Å². The van der Waals surface area contributed by atoms with Gasteiger partial charge in [0.2, 0.25) is 5.91 Å². The first-order valence-corrected chi connectivity index (χ1v) is 9.36. The molecule has 0 unspecified atom stereocenters. The SMILES string of the molecule is CC(C)[C@@H](NC(=O)Nc1ccccc1)C(=O)NCCc1cn2ccccc2n1. The van der Waals surface area contributed by atoms with E-state index in [-0.39, 0.29) is 11.8 Å². The van der Waals surface area contributed by atoms with Crippen LogP contribution in [0.3, 0.4) is 0 Å². The van der Waals surface area contributed by atoms with Crippen molar-refractivity contribution in [1.29, 1.82) is 0 Å². The third-order valence-electron chi connectivity index (χ3n) is 4.36. The van der Waals surface area contributed by atoms with Crippen LogP contribution in [0, 0.1) is 5.92 Å². The molecule has 0 saturated carbocycles. The van der Waals surface area contributed by atoms with E-state index in [0.717, 1.165) is 11.3 Å². The number of aromatic nitrogens is 2. The molecule has 146 valence electrons. The van der Waals surface area contributed by atoms with Crippen LogP contribution < -0.4 is 16.0 Å². The second-order valence-electron chi connectivity index (χ2n) is 6.93. The summed E-state index contributed by atoms with van der Waals surface area (Å²) in [5, 5.41) is 8.38. The molecule has 7 nitrogen and oxygen atoms in total. The first-order chi connectivity index (χ1) is 13.5. The van der Waals surface area contributed by atoms with Crippen LogP contribution in [0.5, 0.6) is 0 Å². The Morgan fingerprint density at radius 2 is 1.82 bits per heavy atom. The lowest BCUT2D eigenvalue weighted by Crippen LogP contribution is -2.51. The molecule has 2 heterocycles. The molecular formula is C21H25N5O2. The van der Waals surface area contributed by atoms with Gasteiger partial charge in [0.25, 0.3) is 0 Å². The molecule has 3 aromatic rings. The van der Waals surface area contributed by atoms with Gasteiger partial charge in [0, 0.05) is 31.0 Å². The average Bonchev–Trinajstić information content (AvgIpc) is 3.09. The number of hydrogen-bond acceptors (Lipinski definition) is 3. The van der Waals surface area contributed by atoms with Crippen LogP contribution in [-0.2, 0) is 11.2 Å². The van der Waals surface area contributed by atoms with E-state index in [9.17, 15) is 9.59 Å². The molecule has 1 atom stereocenters. The summed E-state index contributed by atoms with van der Waals surface area (Å²) in [5.74, 6) is -0.251. The molecule has 0 fully saturated rings. The van der Waals surface area contributed by atoms with Gasteiger partial charge in [-0.1, -0.05) is 38.1 Å². The quantitative estimate of drug-likeness (QED) is 0.590. The molecule has 7 heteroatoms. The van der Waals surface area contributed by atoms with Gasteiger partial charge < -0.3 is 20.4 Å². The highest BCUT2D eigenvalue weighted by molar-refractivity contribution is 5.93. The van der Waals surface area contributed by atoms with Crippen molar-refractivity contribution in [3.8, 4) is 0 Å². The van der Waals surface area contributed by atoms with Gasteiger partial charge in [-0.2, -0.15) is 0 Å². The molecule has 1 aromatic carbocycles. The van der Waals surface area contributed by atoms with E-state index >= 15 is 0 Å². The first kappa shape index (κ1) is 19.4. The number of rotatable bonds is 7. The highest BCUT2D eigenvalue weighted by Gasteiger charge is 2.24. The Balaban J connectivity index is 1.51. The van der Waals surface area contributed by atoms with E-state index in [1.54, 1.807) is 12.1 Å². The van der Waals surface area contributed by atoms with Crippen LogP contribution in [0.2, 0.25) is 0 Å². The lowest BCUT2D eigenvalue weighted by atomic mass is 10.0. The zero-order chi connectivity index (χ0) is 19.9. The number of nitrogens with zero attached hydrogens (tertiary/aromatic N) is 2. The molecule has 0 saturated heterocycles. The summed E-state index contributed by atoms with van der Waals surface area (Å²) < 4.78 is 1.95. The number of fused-ring (bicyclic) bond motifs is 1. The number of carbonyl (C=O) groups is 2. The number of imidazole rings is 1. The van der Waals surface area contributed by atoms with Gasteiger partial charge >= 0.3 is 6.03 Å². The molecule has 0 spiro atoms. The second-order valence-corrected chi connectivity index (χ2v) is 6.93. The van der Waals surface area contributed by atoms with Crippen molar-refractivity contribution in [2.75, 3.05) is 11.9 Å². The summed E-state index contributed by atoms with van der Waals surface area (Å²) in [4.78, 5) is 29.3. The predicted octanol–water partition coefficient (Wildman–Crippen LogP) is 2.84. The predicted molar refractivity (Wildman–Crippen MR) is 109 cm³/mol. The maximum Gasteiger partial charge on any atom is 0.319 e. The Kier molecular flexibility index (Phi) is 6.26. The van der Waals surface area contributed by atoms with E-state index < -0.39 is 12.1 Å². The fourth-order valence-corrected chi connectivity index (χ4v) is 2.90. The molecule has 3 N–H and O–H groups in total. The summed E-state index contributed by atoms with van der Waals surface area (Å²) in [6.45, 7) is 4.25. The highest BCUT2D eigenvalue weighted by atomic mass is 16.2. The summed E-state index contributed by atoms with van der Waals surface area (Å²) in [7, 11) is 0. The van der Waals surface area contributed by atoms with Crippen molar-refractivity contribution < 1.29 is 9.59 Å². The second kappa shape index (κ2) is 9.03. The molecule has 0 radical (unpaired) electrons. The molecular weight excluding hydrogens is 354 g/mol. The van der Waals surface area contributed by atoms with Crippen molar-refractivity contribution in [3.05, 3.63) is 66.6 Å². The number of para-hydroxylation sites is 1. The molecule has 3 rings (SSSR count). The number of carbonyl (C=O) groups excluding carboxylic acids is 2. The van der Waals surface area contributed by atoms with Gasteiger partial charge in [0.05, 0.1) is 5.69 Å². The molecule has 0 aliphatic carbocycles. The lowest BCUT2D eigenvalue weighted by Gasteiger charge is -2.22. The van der Waals surface area contributed by atoms with Gasteiger partial charge in [-0.3, -0.25) is 4.79 Å². The average molecular weight is 379 g/mol. The summed E-state index contributed by atoms with van der Waals surface area (Å²) >= 11 is 0. The van der Waals surface area contributed by atoms with Gasteiger partial charge in [0.15, 0.2) is 0 Å². The zero-order valence-corrected chi connectivity index (χ0v) is 16.1. The summed E-state index contributed by atoms with van der Waals surface area (Å²) in [6, 6.07) is 13.9. The van der Waals surface area contributed by atoms with E-state index in [2.05, 4.69) is 20.9 Å². The van der Waals surface area contributed by atoms with Crippen LogP contribution in [0.15, 0.2) is 60.9 Å². The minimum Gasteiger partial charge on any atom is -0.354 e. The molecule has 3 amide bonds. The van der Waals surface area contributed by atoms with Gasteiger partial charge in [-0.25, -0.2) is 9.78 Å². The van der Waals surface area contributed by atoms with Crippen molar-refractivity contribution >= 4 is 23.3 Å². The van der Waals surface area contributed by atoms with E-state index in [4.69, 9.17) is 0 Å². The Labute approximate surface area is 164 Å². The van der Waals surface area contributed by atoms with Crippen molar-refractivity contribution in [2.24, 2.45) is 5.92 Å². The smallest absolute Gasteiger partial charge is 0.319 e. The minimum atomic E-state index is -0.621. The number of hydrogen-bond donors (Lipinski definition) is 3. The molecule has 0 aliphatic rings. The fourth-order valence-electron chi connectivity index (χ4n) is 2.90. The van der Waals surface area contributed by atoms with Crippen molar-refractivity contribution in [3.63, 3.8) is 0 Å². The van der Waals surface area contributed by atoms with Crippen molar-refractivity contribution in [2.45, 2.75) is 26.3 Å². The fraction of sp³-hybridized carbons (Fsp3) is 0.286. The van der Waals surface area contributed by atoms with E-state index in [1.807, 2.05) is 67.0 Å². The Morgan fingerprint density at radius 1 is 1.07 bits per heavy atom. The van der Waals surface area contributed by atoms with E-state index in [1.165, 1.54) is 0 Å². The third-order valence-corrected chi connectivity index (χ3v) is 4.36. The highest BCUT2D eigenvalue weighted by Crippen LogP contribution is 2.07. The van der Waals surface area contributed by atoms with Gasteiger partial charge in [-0.05, 0) is 30.2 Å².